The molecule has 0 aliphatic heterocycles. The van der Waals surface area contributed by atoms with Crippen LogP contribution in [0.1, 0.15) is 26.2 Å². The van der Waals surface area contributed by atoms with Gasteiger partial charge in [-0.15, -0.1) is 0 Å². The fourth-order valence-electron chi connectivity index (χ4n) is 1.06. The average Bonchev–Trinajstić information content (AvgIpc) is 2.27. The Morgan fingerprint density at radius 2 is 2.00 bits per heavy atom. The first-order chi connectivity index (χ1) is 7.99. The smallest absolute Gasteiger partial charge is 0.332 e. The van der Waals surface area contributed by atoms with Crippen molar-refractivity contribution in [3.05, 3.63) is 0 Å². The second-order valence-electron chi connectivity index (χ2n) is 3.37. The van der Waals surface area contributed by atoms with Gasteiger partial charge in [-0.05, 0) is 19.8 Å². The number of esters is 1. The molecule has 0 aromatic rings. The summed E-state index contributed by atoms with van der Waals surface area (Å²) in [5.41, 5.74) is 5.33. The van der Waals surface area contributed by atoms with Crippen molar-refractivity contribution < 1.29 is 24.2 Å². The van der Waals surface area contributed by atoms with Crippen molar-refractivity contribution in [3.63, 3.8) is 0 Å². The maximum Gasteiger partial charge on any atom is 0.332 e. The molecular formula is C10H18N2O5. The molecule has 7 heteroatoms. The first-order valence-corrected chi connectivity index (χ1v) is 5.40. The van der Waals surface area contributed by atoms with Gasteiger partial charge in [0.15, 0.2) is 6.04 Å². The van der Waals surface area contributed by atoms with Crippen LogP contribution < -0.4 is 11.1 Å². The maximum atomic E-state index is 11.3. The molecule has 4 N–H and O–H groups in total. The fourth-order valence-corrected chi connectivity index (χ4v) is 1.06. The van der Waals surface area contributed by atoms with Gasteiger partial charge in [0.1, 0.15) is 0 Å². The van der Waals surface area contributed by atoms with E-state index in [1.54, 1.807) is 6.92 Å². The predicted molar refractivity (Wildman–Crippen MR) is 59.1 cm³/mol. The summed E-state index contributed by atoms with van der Waals surface area (Å²) in [5.74, 6) is -2.26. The van der Waals surface area contributed by atoms with Gasteiger partial charge in [-0.25, -0.2) is 4.79 Å². The van der Waals surface area contributed by atoms with Gasteiger partial charge in [0, 0.05) is 13.0 Å². The summed E-state index contributed by atoms with van der Waals surface area (Å²) < 4.78 is 4.58. The number of nitrogens with one attached hydrogen (secondary N) is 1. The lowest BCUT2D eigenvalue weighted by molar-refractivity contribution is -0.148. The number of hydrogen-bond acceptors (Lipinski definition) is 5. The average molecular weight is 246 g/mol. The number of ether oxygens (including phenoxy) is 1. The molecule has 7 nitrogen and oxygen atoms in total. The van der Waals surface area contributed by atoms with Crippen LogP contribution in [0.25, 0.3) is 0 Å². The van der Waals surface area contributed by atoms with Crippen LogP contribution in [0.4, 0.5) is 0 Å². The van der Waals surface area contributed by atoms with E-state index >= 15 is 0 Å². The third-order valence-electron chi connectivity index (χ3n) is 1.94. The quantitative estimate of drug-likeness (QED) is 0.294. The Hall–Kier alpha value is -1.63. The summed E-state index contributed by atoms with van der Waals surface area (Å²) in [6, 6.07) is -1.32. The van der Waals surface area contributed by atoms with Crippen LogP contribution in [-0.4, -0.2) is 42.1 Å². The summed E-state index contributed by atoms with van der Waals surface area (Å²) >= 11 is 0. The summed E-state index contributed by atoms with van der Waals surface area (Å²) in [6.07, 6.45) is 1.04. The Labute approximate surface area is 99.3 Å². The van der Waals surface area contributed by atoms with E-state index in [-0.39, 0.29) is 13.0 Å². The molecule has 0 heterocycles. The molecule has 0 saturated carbocycles. The Bertz CT molecular complexity index is 280. The minimum absolute atomic E-state index is 0.0554. The van der Waals surface area contributed by atoms with Crippen molar-refractivity contribution in [2.75, 3.05) is 13.2 Å². The van der Waals surface area contributed by atoms with Gasteiger partial charge in [0.2, 0.25) is 5.91 Å². The topological polar surface area (TPSA) is 119 Å². The van der Waals surface area contributed by atoms with Crippen LogP contribution in [0.15, 0.2) is 0 Å². The minimum Gasteiger partial charge on any atom is -0.481 e. The van der Waals surface area contributed by atoms with Crippen LogP contribution in [0.3, 0.4) is 0 Å². The van der Waals surface area contributed by atoms with Crippen molar-refractivity contribution in [2.45, 2.75) is 32.2 Å². The van der Waals surface area contributed by atoms with Gasteiger partial charge in [-0.1, -0.05) is 0 Å². The normalized spacial score (nSPS) is 11.6. The molecule has 98 valence electrons. The minimum atomic E-state index is -1.32. The number of carbonyl (C=O) groups excluding carboxylic acids is 2. The predicted octanol–water partition coefficient (Wildman–Crippen LogP) is -0.752. The van der Waals surface area contributed by atoms with Crippen molar-refractivity contribution in [3.8, 4) is 0 Å². The molecule has 0 fully saturated rings. The van der Waals surface area contributed by atoms with Crippen LogP contribution >= 0.6 is 0 Å². The molecule has 0 aliphatic carbocycles. The van der Waals surface area contributed by atoms with Crippen LogP contribution in [0.5, 0.6) is 0 Å². The Balaban J connectivity index is 3.71. The van der Waals surface area contributed by atoms with E-state index in [0.29, 0.717) is 19.4 Å². The highest BCUT2D eigenvalue weighted by atomic mass is 16.5. The van der Waals surface area contributed by atoms with E-state index in [0.717, 1.165) is 0 Å². The SMILES string of the molecule is CCOC(=O)C(N)C(=O)NCCCCC(=O)O. The zero-order valence-electron chi connectivity index (χ0n) is 9.77. The number of hydrogen-bond donors (Lipinski definition) is 3. The summed E-state index contributed by atoms with van der Waals surface area (Å²) in [5, 5.41) is 10.8. The van der Waals surface area contributed by atoms with Gasteiger partial charge >= 0.3 is 11.9 Å². The van der Waals surface area contributed by atoms with Crippen molar-refractivity contribution >= 4 is 17.8 Å². The van der Waals surface area contributed by atoms with Gasteiger partial charge in [-0.2, -0.15) is 0 Å². The van der Waals surface area contributed by atoms with Crippen LogP contribution in [0.2, 0.25) is 0 Å². The number of amides is 1. The summed E-state index contributed by atoms with van der Waals surface area (Å²) in [7, 11) is 0. The molecule has 17 heavy (non-hydrogen) atoms. The summed E-state index contributed by atoms with van der Waals surface area (Å²) in [4.78, 5) is 32.6. The first-order valence-electron chi connectivity index (χ1n) is 5.40. The highest BCUT2D eigenvalue weighted by Gasteiger charge is 2.22. The van der Waals surface area contributed by atoms with E-state index < -0.39 is 23.9 Å². The molecule has 0 aliphatic rings. The van der Waals surface area contributed by atoms with Crippen LogP contribution in [-0.2, 0) is 19.1 Å². The third-order valence-corrected chi connectivity index (χ3v) is 1.94. The Morgan fingerprint density at radius 1 is 1.35 bits per heavy atom. The highest BCUT2D eigenvalue weighted by Crippen LogP contribution is 1.94. The largest absolute Gasteiger partial charge is 0.481 e. The van der Waals surface area contributed by atoms with E-state index in [4.69, 9.17) is 10.8 Å². The molecule has 0 spiro atoms. The number of unbranched alkanes of at least 4 members (excludes halogenated alkanes) is 1. The molecule has 0 bridgehead atoms. The number of carboxylic acids is 1. The Kier molecular flexibility index (Phi) is 7.70. The Morgan fingerprint density at radius 3 is 2.53 bits per heavy atom. The first kappa shape index (κ1) is 15.4. The summed E-state index contributed by atoms with van der Waals surface area (Å²) in [6.45, 7) is 2.08. The molecule has 1 amide bonds. The second-order valence-corrected chi connectivity index (χ2v) is 3.37. The van der Waals surface area contributed by atoms with Gasteiger partial charge in [0.25, 0.3) is 0 Å². The molecule has 0 aromatic heterocycles. The lowest BCUT2D eigenvalue weighted by Gasteiger charge is -2.10. The van der Waals surface area contributed by atoms with Gasteiger partial charge in [0.05, 0.1) is 6.61 Å². The number of rotatable bonds is 8. The molecule has 0 rings (SSSR count). The molecule has 0 radical (unpaired) electrons. The van der Waals surface area contributed by atoms with Gasteiger partial charge < -0.3 is 20.9 Å². The number of nitrogens with two attached hydrogens (primary N) is 1. The van der Waals surface area contributed by atoms with E-state index in [1.807, 2.05) is 0 Å². The standard InChI is InChI=1S/C10H18N2O5/c1-2-17-10(16)8(11)9(15)12-6-4-3-5-7(13)14/h8H,2-6,11H2,1H3,(H,12,15)(H,13,14). The van der Waals surface area contributed by atoms with Crippen molar-refractivity contribution in [1.82, 2.24) is 5.32 Å². The van der Waals surface area contributed by atoms with Crippen LogP contribution in [0, 0.1) is 0 Å². The number of carboxylic acid groups (broad SMARTS) is 1. The molecule has 0 saturated heterocycles. The highest BCUT2D eigenvalue weighted by molar-refractivity contribution is 6.01. The lowest BCUT2D eigenvalue weighted by atomic mass is 10.2. The maximum absolute atomic E-state index is 11.3. The molecular weight excluding hydrogens is 228 g/mol. The zero-order valence-corrected chi connectivity index (χ0v) is 9.77. The van der Waals surface area contributed by atoms with Crippen molar-refractivity contribution in [2.24, 2.45) is 5.73 Å². The third kappa shape index (κ3) is 7.29. The van der Waals surface area contributed by atoms with Gasteiger partial charge in [-0.3, -0.25) is 9.59 Å². The second kappa shape index (κ2) is 8.51. The monoisotopic (exact) mass is 246 g/mol. The van der Waals surface area contributed by atoms with Crippen molar-refractivity contribution in [1.29, 1.82) is 0 Å². The number of aliphatic carboxylic acids is 1. The number of carbonyl (C=O) groups is 3. The molecule has 0 aromatic carbocycles. The molecule has 1 unspecified atom stereocenters. The van der Waals surface area contributed by atoms with E-state index in [2.05, 4.69) is 10.1 Å². The van der Waals surface area contributed by atoms with E-state index in [9.17, 15) is 14.4 Å². The van der Waals surface area contributed by atoms with E-state index in [1.165, 1.54) is 0 Å². The zero-order chi connectivity index (χ0) is 13.3. The molecule has 1 atom stereocenters. The fraction of sp³-hybridized carbons (Fsp3) is 0.700. The lowest BCUT2D eigenvalue weighted by Crippen LogP contribution is -2.47.